The van der Waals surface area contributed by atoms with Crippen LogP contribution >= 0.6 is 0 Å². The summed E-state index contributed by atoms with van der Waals surface area (Å²) < 4.78 is 38.0. The lowest BCUT2D eigenvalue weighted by molar-refractivity contribution is 0.190. The first-order valence-corrected chi connectivity index (χ1v) is 10.1. The summed E-state index contributed by atoms with van der Waals surface area (Å²) in [7, 11) is 3.14. The predicted octanol–water partition coefficient (Wildman–Crippen LogP) is 4.45. The Hall–Kier alpha value is -3.79. The first kappa shape index (κ1) is 23.9. The molecular weight excluding hydrogens is 432 g/mol. The van der Waals surface area contributed by atoms with E-state index in [0.29, 0.717) is 18.3 Å². The summed E-state index contributed by atoms with van der Waals surface area (Å²) >= 11 is 0. The summed E-state index contributed by atoms with van der Waals surface area (Å²) in [5.41, 5.74) is 0.493. The number of benzene rings is 2. The van der Waals surface area contributed by atoms with Crippen molar-refractivity contribution in [1.82, 2.24) is 9.97 Å². The second kappa shape index (κ2) is 11.2. The topological polar surface area (TPSA) is 88.6 Å². The van der Waals surface area contributed by atoms with Crippen LogP contribution in [0.4, 0.5) is 31.0 Å². The number of carbonyl (C=O) groups is 1. The highest BCUT2D eigenvalue weighted by Gasteiger charge is 2.20. The van der Waals surface area contributed by atoms with Crippen molar-refractivity contribution in [3.63, 3.8) is 0 Å². The van der Waals surface area contributed by atoms with Gasteiger partial charge in [-0.15, -0.1) is 0 Å². The molecule has 0 aliphatic heterocycles. The van der Waals surface area contributed by atoms with Crippen molar-refractivity contribution in [3.8, 4) is 5.75 Å². The molecule has 3 rings (SSSR count). The van der Waals surface area contributed by atoms with Crippen LogP contribution in [0, 0.1) is 11.6 Å². The van der Waals surface area contributed by atoms with E-state index in [4.69, 9.17) is 9.47 Å². The summed E-state index contributed by atoms with van der Waals surface area (Å²) in [4.78, 5) is 23.0. The van der Waals surface area contributed by atoms with Gasteiger partial charge in [-0.3, -0.25) is 4.90 Å². The molecule has 8 nitrogen and oxygen atoms in total. The number of methoxy groups -OCH3 is 2. The van der Waals surface area contributed by atoms with Gasteiger partial charge >= 0.3 is 6.03 Å². The summed E-state index contributed by atoms with van der Waals surface area (Å²) in [6.45, 7) is 2.44. The number of carbonyl (C=O) groups excluding carboxylic acids is 1. The van der Waals surface area contributed by atoms with Crippen LogP contribution < -0.4 is 20.3 Å². The van der Waals surface area contributed by atoms with Gasteiger partial charge in [0.15, 0.2) is 0 Å². The molecule has 0 fully saturated rings. The van der Waals surface area contributed by atoms with Crippen molar-refractivity contribution in [3.05, 3.63) is 71.9 Å². The maximum atomic E-state index is 14.1. The van der Waals surface area contributed by atoms with Gasteiger partial charge in [0, 0.05) is 25.4 Å². The smallest absolute Gasteiger partial charge is 0.327 e. The number of halogens is 2. The van der Waals surface area contributed by atoms with E-state index in [9.17, 15) is 13.6 Å². The lowest BCUT2D eigenvalue weighted by atomic mass is 10.2. The van der Waals surface area contributed by atoms with Crippen LogP contribution in [0.25, 0.3) is 0 Å². The zero-order chi connectivity index (χ0) is 23.8. The number of hydrogen-bond donors (Lipinski definition) is 2. The molecule has 2 amide bonds. The number of amides is 2. The Morgan fingerprint density at radius 2 is 1.88 bits per heavy atom. The zero-order valence-electron chi connectivity index (χ0n) is 18.5. The van der Waals surface area contributed by atoms with E-state index < -0.39 is 17.7 Å². The number of nitrogens with one attached hydrogen (secondary N) is 2. The third-order valence-electron chi connectivity index (χ3n) is 4.62. The third-order valence-corrected chi connectivity index (χ3v) is 4.62. The van der Waals surface area contributed by atoms with E-state index >= 15 is 0 Å². The minimum absolute atomic E-state index is 0.0736. The molecule has 33 heavy (non-hydrogen) atoms. The van der Waals surface area contributed by atoms with Crippen molar-refractivity contribution in [2.75, 3.05) is 36.4 Å². The Labute approximate surface area is 190 Å². The molecule has 0 saturated heterocycles. The molecule has 2 N–H and O–H groups in total. The SMILES string of the molecule is COC[C@H](C)Nc1nccc(N(Cc2ccc(OC)cc2)C(=O)Nc2cc(F)ccc2F)n1. The van der Waals surface area contributed by atoms with Crippen molar-refractivity contribution >= 4 is 23.5 Å². The van der Waals surface area contributed by atoms with Gasteiger partial charge in [0.2, 0.25) is 5.95 Å². The standard InChI is InChI=1S/C23H25F2N5O3/c1-15(14-32-2)27-22-26-11-10-21(29-22)30(13-16-4-7-18(33-3)8-5-16)23(31)28-20-12-17(24)6-9-19(20)25/h4-12,15H,13-14H2,1-3H3,(H,28,31)(H,26,27,29)/t15-/m0/s1. The van der Waals surface area contributed by atoms with Crippen molar-refractivity contribution in [2.24, 2.45) is 0 Å². The van der Waals surface area contributed by atoms with Gasteiger partial charge in [-0.05, 0) is 42.8 Å². The van der Waals surface area contributed by atoms with Crippen LogP contribution in [0.1, 0.15) is 12.5 Å². The van der Waals surface area contributed by atoms with Crippen molar-refractivity contribution in [1.29, 1.82) is 0 Å². The number of urea groups is 1. The van der Waals surface area contributed by atoms with E-state index in [1.54, 1.807) is 44.6 Å². The lowest BCUT2D eigenvalue weighted by Gasteiger charge is -2.23. The minimum atomic E-state index is -0.757. The van der Waals surface area contributed by atoms with Gasteiger partial charge < -0.3 is 20.1 Å². The quantitative estimate of drug-likeness (QED) is 0.494. The zero-order valence-corrected chi connectivity index (χ0v) is 18.5. The maximum absolute atomic E-state index is 14.1. The molecule has 0 bridgehead atoms. The van der Waals surface area contributed by atoms with Crippen LogP contribution in [0.5, 0.6) is 5.75 Å². The first-order chi connectivity index (χ1) is 15.9. The summed E-state index contributed by atoms with van der Waals surface area (Å²) in [6.07, 6.45) is 1.50. The summed E-state index contributed by atoms with van der Waals surface area (Å²) in [6, 6.07) is 10.7. The third kappa shape index (κ3) is 6.59. The molecule has 0 spiro atoms. The highest BCUT2D eigenvalue weighted by molar-refractivity contribution is 6.01. The van der Waals surface area contributed by atoms with Gasteiger partial charge in [-0.2, -0.15) is 4.98 Å². The fraction of sp³-hybridized carbons (Fsp3) is 0.261. The highest BCUT2D eigenvalue weighted by atomic mass is 19.1. The Balaban J connectivity index is 1.90. The molecule has 174 valence electrons. The molecule has 2 aromatic carbocycles. The molecule has 1 heterocycles. The van der Waals surface area contributed by atoms with E-state index in [-0.39, 0.29) is 24.1 Å². The average molecular weight is 457 g/mol. The van der Waals surface area contributed by atoms with Gasteiger partial charge in [-0.1, -0.05) is 12.1 Å². The monoisotopic (exact) mass is 457 g/mol. The number of hydrogen-bond acceptors (Lipinski definition) is 6. The lowest BCUT2D eigenvalue weighted by Crippen LogP contribution is -2.35. The van der Waals surface area contributed by atoms with Crippen LogP contribution in [0.3, 0.4) is 0 Å². The molecule has 10 heteroatoms. The van der Waals surface area contributed by atoms with Crippen LogP contribution in [0.15, 0.2) is 54.7 Å². The normalized spacial score (nSPS) is 11.5. The number of nitrogens with zero attached hydrogens (tertiary/aromatic N) is 3. The second-order valence-corrected chi connectivity index (χ2v) is 7.23. The number of ether oxygens (including phenoxy) is 2. The molecule has 0 saturated carbocycles. The molecule has 3 aromatic rings. The van der Waals surface area contributed by atoms with Crippen molar-refractivity contribution in [2.45, 2.75) is 19.5 Å². The molecular formula is C23H25F2N5O3. The predicted molar refractivity (Wildman–Crippen MR) is 122 cm³/mol. The summed E-state index contributed by atoms with van der Waals surface area (Å²) in [5, 5.41) is 5.51. The molecule has 0 unspecified atom stereocenters. The van der Waals surface area contributed by atoms with Crippen molar-refractivity contribution < 1.29 is 23.0 Å². The van der Waals surface area contributed by atoms with Crippen LogP contribution in [-0.4, -0.2) is 42.9 Å². The Morgan fingerprint density at radius 1 is 1.12 bits per heavy atom. The van der Waals surface area contributed by atoms with E-state index in [1.807, 2.05) is 6.92 Å². The molecule has 0 aliphatic rings. The summed E-state index contributed by atoms with van der Waals surface area (Å²) in [5.74, 6) is -0.206. The molecule has 0 aliphatic carbocycles. The number of anilines is 3. The molecule has 0 radical (unpaired) electrons. The fourth-order valence-electron chi connectivity index (χ4n) is 3.03. The number of aromatic nitrogens is 2. The highest BCUT2D eigenvalue weighted by Crippen LogP contribution is 2.21. The minimum Gasteiger partial charge on any atom is -0.497 e. The Bertz CT molecular complexity index is 1080. The van der Waals surface area contributed by atoms with Gasteiger partial charge in [-0.25, -0.2) is 18.6 Å². The average Bonchev–Trinajstić information content (AvgIpc) is 2.80. The van der Waals surface area contributed by atoms with E-state index in [0.717, 1.165) is 23.8 Å². The first-order valence-electron chi connectivity index (χ1n) is 10.1. The Morgan fingerprint density at radius 3 is 2.58 bits per heavy atom. The fourth-order valence-corrected chi connectivity index (χ4v) is 3.03. The Kier molecular flexibility index (Phi) is 8.09. The van der Waals surface area contributed by atoms with E-state index in [2.05, 4.69) is 20.6 Å². The van der Waals surface area contributed by atoms with Crippen LogP contribution in [0.2, 0.25) is 0 Å². The van der Waals surface area contributed by atoms with Gasteiger partial charge in [0.1, 0.15) is 23.2 Å². The van der Waals surface area contributed by atoms with Gasteiger partial charge in [0.25, 0.3) is 0 Å². The number of rotatable bonds is 9. The van der Waals surface area contributed by atoms with E-state index in [1.165, 1.54) is 11.1 Å². The second-order valence-electron chi connectivity index (χ2n) is 7.23. The van der Waals surface area contributed by atoms with Crippen LogP contribution in [-0.2, 0) is 11.3 Å². The van der Waals surface area contributed by atoms with Gasteiger partial charge in [0.05, 0.1) is 25.9 Å². The maximum Gasteiger partial charge on any atom is 0.327 e. The largest absolute Gasteiger partial charge is 0.497 e. The molecule has 1 atom stereocenters. The molecule has 1 aromatic heterocycles.